The zero-order valence-electron chi connectivity index (χ0n) is 5.93. The van der Waals surface area contributed by atoms with Crippen molar-refractivity contribution in [2.24, 2.45) is 0 Å². The molecule has 0 aliphatic carbocycles. The average molecular weight is 217 g/mol. The molecule has 1 amide bonds. The fourth-order valence-electron chi connectivity index (χ4n) is 0.818. The Morgan fingerprint density at radius 1 is 1.73 bits per heavy atom. The van der Waals surface area contributed by atoms with Crippen LogP contribution in [0.15, 0.2) is 18.3 Å². The second kappa shape index (κ2) is 4.18. The first kappa shape index (κ1) is 8.33. The molecule has 0 atom stereocenters. The van der Waals surface area contributed by atoms with Crippen molar-refractivity contribution in [1.29, 1.82) is 0 Å². The number of H-pyrrole nitrogens is 1. The molecule has 0 fully saturated rings. The lowest BCUT2D eigenvalue weighted by molar-refractivity contribution is 0.262. The van der Waals surface area contributed by atoms with E-state index in [1.54, 1.807) is 0 Å². The van der Waals surface area contributed by atoms with Crippen LogP contribution >= 0.6 is 15.9 Å². The molecule has 4 heteroatoms. The predicted molar refractivity (Wildman–Crippen MR) is 46.8 cm³/mol. The van der Waals surface area contributed by atoms with Crippen molar-refractivity contribution < 1.29 is 4.79 Å². The van der Waals surface area contributed by atoms with Gasteiger partial charge in [-0.3, -0.25) is 4.79 Å². The molecular weight excluding hydrogens is 208 g/mol. The molecule has 60 valence electrons. The zero-order chi connectivity index (χ0) is 8.10. The van der Waals surface area contributed by atoms with Gasteiger partial charge in [0.2, 0.25) is 0 Å². The van der Waals surface area contributed by atoms with E-state index in [-0.39, 0.29) is 4.82 Å². The van der Waals surface area contributed by atoms with E-state index < -0.39 is 0 Å². The lowest BCUT2D eigenvalue weighted by atomic mass is 10.3. The lowest BCUT2D eigenvalue weighted by Gasteiger charge is -1.97. The van der Waals surface area contributed by atoms with Gasteiger partial charge in [0.1, 0.15) is 0 Å². The Bertz CT molecular complexity index is 220. The Morgan fingerprint density at radius 3 is 3.09 bits per heavy atom. The number of hydrogen-bond acceptors (Lipinski definition) is 1. The first-order valence-corrected chi connectivity index (χ1v) is 4.14. The fraction of sp³-hybridized carbons (Fsp3) is 0.286. The number of aromatic nitrogens is 1. The standard InChI is InChI=1S/C7H9BrN2O/c8-7(11)10-5-3-6-2-1-4-9-6/h1-2,4,9H,3,5H2,(H,10,11). The molecule has 1 aromatic rings. The van der Waals surface area contributed by atoms with Crippen LogP contribution in [0.1, 0.15) is 5.69 Å². The normalized spacial score (nSPS) is 9.55. The third-order valence-corrected chi connectivity index (χ3v) is 1.60. The maximum atomic E-state index is 10.4. The number of amides is 1. The van der Waals surface area contributed by atoms with Gasteiger partial charge in [-0.25, -0.2) is 0 Å². The first-order valence-electron chi connectivity index (χ1n) is 3.34. The molecule has 0 saturated carbocycles. The summed E-state index contributed by atoms with van der Waals surface area (Å²) in [6, 6.07) is 3.92. The van der Waals surface area contributed by atoms with Crippen LogP contribution in [0, 0.1) is 0 Å². The molecule has 1 aromatic heterocycles. The molecule has 0 bridgehead atoms. The SMILES string of the molecule is O=C(Br)NCCc1ccc[nH]1. The van der Waals surface area contributed by atoms with E-state index in [1.807, 2.05) is 18.3 Å². The molecular formula is C7H9BrN2O. The molecule has 0 spiro atoms. The van der Waals surface area contributed by atoms with Crippen LogP contribution in [0.2, 0.25) is 0 Å². The number of nitrogens with one attached hydrogen (secondary N) is 2. The Hall–Kier alpha value is -0.770. The van der Waals surface area contributed by atoms with E-state index in [1.165, 1.54) is 0 Å². The van der Waals surface area contributed by atoms with Crippen LogP contribution in [-0.2, 0) is 6.42 Å². The van der Waals surface area contributed by atoms with Crippen LogP contribution < -0.4 is 5.32 Å². The molecule has 0 radical (unpaired) electrons. The molecule has 11 heavy (non-hydrogen) atoms. The maximum Gasteiger partial charge on any atom is 0.287 e. The number of carbonyl (C=O) groups excluding carboxylic acids is 1. The second-order valence-corrected chi connectivity index (χ2v) is 2.87. The quantitative estimate of drug-likeness (QED) is 0.586. The monoisotopic (exact) mass is 216 g/mol. The molecule has 1 heterocycles. The Labute approximate surface area is 73.3 Å². The molecule has 2 N–H and O–H groups in total. The van der Waals surface area contributed by atoms with Gasteiger partial charge < -0.3 is 10.3 Å². The van der Waals surface area contributed by atoms with Crippen LogP contribution in [0.3, 0.4) is 0 Å². The predicted octanol–water partition coefficient (Wildman–Crippen LogP) is 1.66. The molecule has 1 rings (SSSR count). The summed E-state index contributed by atoms with van der Waals surface area (Å²) in [5.41, 5.74) is 1.13. The van der Waals surface area contributed by atoms with Gasteiger partial charge >= 0.3 is 0 Å². The van der Waals surface area contributed by atoms with Gasteiger partial charge in [0, 0.05) is 40.8 Å². The third kappa shape index (κ3) is 3.23. The largest absolute Gasteiger partial charge is 0.365 e. The van der Waals surface area contributed by atoms with Crippen LogP contribution in [0.25, 0.3) is 0 Å². The van der Waals surface area contributed by atoms with E-state index in [2.05, 4.69) is 26.2 Å². The van der Waals surface area contributed by atoms with E-state index in [0.717, 1.165) is 12.1 Å². The van der Waals surface area contributed by atoms with E-state index in [9.17, 15) is 4.79 Å². The summed E-state index contributed by atoms with van der Waals surface area (Å²) in [5.74, 6) is 0. The van der Waals surface area contributed by atoms with Crippen molar-refractivity contribution in [1.82, 2.24) is 10.3 Å². The van der Waals surface area contributed by atoms with Gasteiger partial charge in [0.15, 0.2) is 0 Å². The summed E-state index contributed by atoms with van der Waals surface area (Å²) in [6.45, 7) is 0.657. The molecule has 0 aromatic carbocycles. The van der Waals surface area contributed by atoms with Crippen molar-refractivity contribution in [2.75, 3.05) is 6.54 Å². The minimum atomic E-state index is -0.163. The Kier molecular flexibility index (Phi) is 3.16. The molecule has 0 aliphatic heterocycles. The average Bonchev–Trinajstić information content (AvgIpc) is 2.39. The summed E-state index contributed by atoms with van der Waals surface area (Å²) < 4.78 is 0. The highest BCUT2D eigenvalue weighted by atomic mass is 79.9. The molecule has 0 aliphatic rings. The summed E-state index contributed by atoms with van der Waals surface area (Å²) in [7, 11) is 0. The summed E-state index contributed by atoms with van der Waals surface area (Å²) in [5, 5.41) is 2.64. The zero-order valence-corrected chi connectivity index (χ0v) is 7.52. The minimum absolute atomic E-state index is 0.163. The van der Waals surface area contributed by atoms with Crippen LogP contribution in [0.4, 0.5) is 4.79 Å². The van der Waals surface area contributed by atoms with Gasteiger partial charge in [-0.15, -0.1) is 0 Å². The van der Waals surface area contributed by atoms with Crippen LogP contribution in [0.5, 0.6) is 0 Å². The highest BCUT2D eigenvalue weighted by Gasteiger charge is 1.94. The number of halogens is 1. The van der Waals surface area contributed by atoms with E-state index in [0.29, 0.717) is 6.54 Å². The van der Waals surface area contributed by atoms with Crippen molar-refractivity contribution in [3.05, 3.63) is 24.0 Å². The smallest absolute Gasteiger partial charge is 0.287 e. The minimum Gasteiger partial charge on any atom is -0.365 e. The van der Waals surface area contributed by atoms with Gasteiger partial charge in [0.25, 0.3) is 4.82 Å². The maximum absolute atomic E-state index is 10.4. The van der Waals surface area contributed by atoms with Gasteiger partial charge in [-0.2, -0.15) is 0 Å². The fourth-order valence-corrected chi connectivity index (χ4v) is 1.02. The first-order chi connectivity index (χ1) is 5.29. The highest BCUT2D eigenvalue weighted by molar-refractivity contribution is 9.18. The van der Waals surface area contributed by atoms with Crippen molar-refractivity contribution in [2.45, 2.75) is 6.42 Å². The number of carbonyl (C=O) groups is 1. The molecule has 0 saturated heterocycles. The van der Waals surface area contributed by atoms with E-state index >= 15 is 0 Å². The topological polar surface area (TPSA) is 44.9 Å². The molecule has 0 unspecified atom stereocenters. The number of aromatic amines is 1. The van der Waals surface area contributed by atoms with Gasteiger partial charge in [0.05, 0.1) is 0 Å². The lowest BCUT2D eigenvalue weighted by Crippen LogP contribution is -2.19. The van der Waals surface area contributed by atoms with Gasteiger partial charge in [-0.05, 0) is 12.1 Å². The van der Waals surface area contributed by atoms with Crippen molar-refractivity contribution in [3.63, 3.8) is 0 Å². The highest BCUT2D eigenvalue weighted by Crippen LogP contribution is 1.94. The van der Waals surface area contributed by atoms with E-state index in [4.69, 9.17) is 0 Å². The molecule has 3 nitrogen and oxygen atoms in total. The van der Waals surface area contributed by atoms with Crippen molar-refractivity contribution in [3.8, 4) is 0 Å². The number of rotatable bonds is 3. The Balaban J connectivity index is 2.19. The summed E-state index contributed by atoms with van der Waals surface area (Å²) >= 11 is 2.78. The third-order valence-electron chi connectivity index (χ3n) is 1.32. The summed E-state index contributed by atoms with van der Waals surface area (Å²) in [4.78, 5) is 13.2. The number of hydrogen-bond donors (Lipinski definition) is 2. The summed E-state index contributed by atoms with van der Waals surface area (Å²) in [6.07, 6.45) is 2.70. The van der Waals surface area contributed by atoms with Crippen molar-refractivity contribution >= 4 is 20.7 Å². The van der Waals surface area contributed by atoms with Crippen LogP contribution in [-0.4, -0.2) is 16.3 Å². The van der Waals surface area contributed by atoms with Gasteiger partial charge in [-0.1, -0.05) is 0 Å². The Morgan fingerprint density at radius 2 is 2.55 bits per heavy atom. The second-order valence-electron chi connectivity index (χ2n) is 2.15.